The molecule has 20 heavy (non-hydrogen) atoms. The minimum Gasteiger partial charge on any atom is -0.451 e. The van der Waals surface area contributed by atoms with Crippen LogP contribution in [0.5, 0.6) is 0 Å². The molecule has 2 aliphatic rings. The van der Waals surface area contributed by atoms with Crippen molar-refractivity contribution in [3.8, 4) is 0 Å². The molecule has 1 atom stereocenters. The lowest BCUT2D eigenvalue weighted by Gasteiger charge is -2.39. The molecule has 1 aliphatic carbocycles. The molecule has 2 heterocycles. The zero-order valence-electron chi connectivity index (χ0n) is 12.1. The molecule has 1 aromatic heterocycles. The number of carbonyl (C=O) groups excluding carboxylic acids is 1. The molecule has 1 unspecified atom stereocenters. The summed E-state index contributed by atoms with van der Waals surface area (Å²) in [4.78, 5) is 20.9. The molecule has 2 fully saturated rings. The Kier molecular flexibility index (Phi) is 4.05. The van der Waals surface area contributed by atoms with Crippen molar-refractivity contribution < 1.29 is 9.21 Å². The summed E-state index contributed by atoms with van der Waals surface area (Å²) >= 11 is 0. The number of carbonyl (C=O) groups is 1. The third-order valence-corrected chi connectivity index (χ3v) is 4.70. The summed E-state index contributed by atoms with van der Waals surface area (Å²) in [6.07, 6.45) is 8.81. The highest BCUT2D eigenvalue weighted by Gasteiger charge is 2.32. The largest absolute Gasteiger partial charge is 0.451 e. The Morgan fingerprint density at radius 2 is 2.30 bits per heavy atom. The molecule has 0 radical (unpaired) electrons. The van der Waals surface area contributed by atoms with Gasteiger partial charge in [0, 0.05) is 32.1 Å². The predicted molar refractivity (Wildman–Crippen MR) is 74.9 cm³/mol. The van der Waals surface area contributed by atoms with E-state index in [-0.39, 0.29) is 0 Å². The van der Waals surface area contributed by atoms with Crippen molar-refractivity contribution in [3.63, 3.8) is 0 Å². The van der Waals surface area contributed by atoms with Crippen LogP contribution in [0.15, 0.2) is 17.1 Å². The maximum Gasteiger partial charge on any atom is 0.225 e. The van der Waals surface area contributed by atoms with Crippen LogP contribution < -0.4 is 0 Å². The summed E-state index contributed by atoms with van der Waals surface area (Å²) in [5, 5.41) is 0. The molecule has 5 heteroatoms. The first-order chi connectivity index (χ1) is 9.74. The standard InChI is InChI=1S/C15H23N3O2/c1-17(15(19)12-4-2-5-12)14-6-3-7-18(9-14)8-13-10-20-11-16-13/h10-12,14H,2-9H2,1H3. The fraction of sp³-hybridized carbons (Fsp3) is 0.733. The van der Waals surface area contributed by atoms with Crippen LogP contribution >= 0.6 is 0 Å². The maximum atomic E-state index is 12.3. The highest BCUT2D eigenvalue weighted by atomic mass is 16.3. The third-order valence-electron chi connectivity index (χ3n) is 4.70. The van der Waals surface area contributed by atoms with Crippen molar-refractivity contribution in [2.75, 3.05) is 20.1 Å². The number of oxazole rings is 1. The molecule has 3 rings (SSSR count). The van der Waals surface area contributed by atoms with Crippen LogP contribution in [0.3, 0.4) is 0 Å². The maximum absolute atomic E-state index is 12.3. The quantitative estimate of drug-likeness (QED) is 0.843. The molecule has 1 saturated heterocycles. The molecular weight excluding hydrogens is 254 g/mol. The number of aromatic nitrogens is 1. The normalized spacial score (nSPS) is 24.4. The van der Waals surface area contributed by atoms with Crippen molar-refractivity contribution >= 4 is 5.91 Å². The van der Waals surface area contributed by atoms with E-state index in [1.165, 1.54) is 12.8 Å². The molecule has 1 amide bonds. The summed E-state index contributed by atoms with van der Waals surface area (Å²) in [6, 6.07) is 0.351. The van der Waals surface area contributed by atoms with Crippen molar-refractivity contribution in [2.45, 2.75) is 44.7 Å². The van der Waals surface area contributed by atoms with Crippen molar-refractivity contribution in [1.82, 2.24) is 14.8 Å². The number of amides is 1. The van der Waals surface area contributed by atoms with Gasteiger partial charge in [0.2, 0.25) is 5.91 Å². The number of nitrogens with zero attached hydrogens (tertiary/aromatic N) is 3. The molecule has 0 aromatic carbocycles. The number of piperidine rings is 1. The second-order valence-corrected chi connectivity index (χ2v) is 6.09. The van der Waals surface area contributed by atoms with Crippen molar-refractivity contribution in [3.05, 3.63) is 18.4 Å². The SMILES string of the molecule is CN(C(=O)C1CCC1)C1CCCN(Cc2cocn2)C1. The summed E-state index contributed by atoms with van der Waals surface area (Å²) in [5.41, 5.74) is 0.971. The van der Waals surface area contributed by atoms with Crippen LogP contribution in [0, 0.1) is 5.92 Å². The minimum atomic E-state index is 0.297. The molecule has 5 nitrogen and oxygen atoms in total. The Hall–Kier alpha value is -1.36. The number of hydrogen-bond donors (Lipinski definition) is 0. The number of likely N-dealkylation sites (N-methyl/N-ethyl adjacent to an activating group) is 1. The van der Waals surface area contributed by atoms with Crippen LogP contribution in [0.25, 0.3) is 0 Å². The molecule has 110 valence electrons. The van der Waals surface area contributed by atoms with Crippen LogP contribution in [-0.2, 0) is 11.3 Å². The number of rotatable bonds is 4. The lowest BCUT2D eigenvalue weighted by Crippen LogP contribution is -2.50. The summed E-state index contributed by atoms with van der Waals surface area (Å²) in [5.74, 6) is 0.649. The zero-order valence-corrected chi connectivity index (χ0v) is 12.1. The van der Waals surface area contributed by atoms with Crippen LogP contribution in [0.2, 0.25) is 0 Å². The van der Waals surface area contributed by atoms with Gasteiger partial charge in [-0.25, -0.2) is 4.98 Å². The van der Waals surface area contributed by atoms with Gasteiger partial charge in [-0.3, -0.25) is 9.69 Å². The van der Waals surface area contributed by atoms with Gasteiger partial charge < -0.3 is 9.32 Å². The Bertz CT molecular complexity index is 442. The average molecular weight is 277 g/mol. The second kappa shape index (κ2) is 5.95. The van der Waals surface area contributed by atoms with Crippen molar-refractivity contribution in [1.29, 1.82) is 0 Å². The minimum absolute atomic E-state index is 0.297. The van der Waals surface area contributed by atoms with E-state index in [0.29, 0.717) is 17.9 Å². The van der Waals surface area contributed by atoms with E-state index in [1.54, 1.807) is 6.26 Å². The van der Waals surface area contributed by atoms with E-state index in [9.17, 15) is 4.79 Å². The van der Waals surface area contributed by atoms with Gasteiger partial charge >= 0.3 is 0 Å². The number of hydrogen-bond acceptors (Lipinski definition) is 4. The third kappa shape index (κ3) is 2.87. The molecule has 1 aromatic rings. The average Bonchev–Trinajstić information content (AvgIpc) is 2.89. The summed E-state index contributed by atoms with van der Waals surface area (Å²) in [6.45, 7) is 2.84. The van der Waals surface area contributed by atoms with Crippen molar-refractivity contribution in [2.24, 2.45) is 5.92 Å². The van der Waals surface area contributed by atoms with E-state index in [0.717, 1.165) is 51.0 Å². The first kappa shape index (κ1) is 13.6. The van der Waals surface area contributed by atoms with Gasteiger partial charge in [0.25, 0.3) is 0 Å². The summed E-state index contributed by atoms with van der Waals surface area (Å²) in [7, 11) is 1.98. The van der Waals surface area contributed by atoms with Gasteiger partial charge in [0.1, 0.15) is 6.26 Å². The van der Waals surface area contributed by atoms with Crippen LogP contribution in [0.4, 0.5) is 0 Å². The van der Waals surface area contributed by atoms with Gasteiger partial charge in [-0.15, -0.1) is 0 Å². The van der Waals surface area contributed by atoms with Crippen LogP contribution in [-0.4, -0.2) is 46.9 Å². The van der Waals surface area contributed by atoms with Gasteiger partial charge in [0.05, 0.1) is 5.69 Å². The number of likely N-dealkylation sites (tertiary alicyclic amines) is 1. The second-order valence-electron chi connectivity index (χ2n) is 6.09. The monoisotopic (exact) mass is 277 g/mol. The van der Waals surface area contributed by atoms with E-state index in [4.69, 9.17) is 4.42 Å². The molecule has 1 saturated carbocycles. The first-order valence-corrected chi connectivity index (χ1v) is 7.60. The fourth-order valence-corrected chi connectivity index (χ4v) is 3.16. The molecule has 0 bridgehead atoms. The van der Waals surface area contributed by atoms with E-state index >= 15 is 0 Å². The smallest absolute Gasteiger partial charge is 0.225 e. The first-order valence-electron chi connectivity index (χ1n) is 7.60. The van der Waals surface area contributed by atoms with Gasteiger partial charge in [-0.05, 0) is 32.2 Å². The van der Waals surface area contributed by atoms with Gasteiger partial charge in [-0.1, -0.05) is 6.42 Å². The molecule has 0 N–H and O–H groups in total. The van der Waals surface area contributed by atoms with E-state index < -0.39 is 0 Å². The predicted octanol–water partition coefficient (Wildman–Crippen LogP) is 1.90. The topological polar surface area (TPSA) is 49.6 Å². The van der Waals surface area contributed by atoms with E-state index in [1.807, 2.05) is 11.9 Å². The van der Waals surface area contributed by atoms with Crippen LogP contribution in [0.1, 0.15) is 37.8 Å². The Labute approximate surface area is 119 Å². The lowest BCUT2D eigenvalue weighted by atomic mass is 9.84. The lowest BCUT2D eigenvalue weighted by molar-refractivity contribution is -0.140. The van der Waals surface area contributed by atoms with Gasteiger partial charge in [0.15, 0.2) is 6.39 Å². The highest BCUT2D eigenvalue weighted by molar-refractivity contribution is 5.79. The van der Waals surface area contributed by atoms with E-state index in [2.05, 4.69) is 9.88 Å². The fourth-order valence-electron chi connectivity index (χ4n) is 3.16. The highest BCUT2D eigenvalue weighted by Crippen LogP contribution is 2.29. The molecular formula is C15H23N3O2. The Balaban J connectivity index is 1.55. The molecule has 1 aliphatic heterocycles. The Morgan fingerprint density at radius 3 is 2.95 bits per heavy atom. The zero-order chi connectivity index (χ0) is 13.9. The molecule has 0 spiro atoms. The van der Waals surface area contributed by atoms with Gasteiger partial charge in [-0.2, -0.15) is 0 Å². The Morgan fingerprint density at radius 1 is 1.45 bits per heavy atom. The summed E-state index contributed by atoms with van der Waals surface area (Å²) < 4.78 is 5.02.